The lowest BCUT2D eigenvalue weighted by molar-refractivity contribution is -0.272. The minimum Gasteiger partial charge on any atom is -0.384 e. The van der Waals surface area contributed by atoms with Gasteiger partial charge in [0, 0.05) is 0 Å². The predicted molar refractivity (Wildman–Crippen MR) is 33.9 cm³/mol. The van der Waals surface area contributed by atoms with E-state index in [1.165, 1.54) is 0 Å². The lowest BCUT2D eigenvalue weighted by Crippen LogP contribution is -2.56. The minimum atomic E-state index is -5.42. The van der Waals surface area contributed by atoms with E-state index in [9.17, 15) is 35.1 Å². The van der Waals surface area contributed by atoms with Crippen LogP contribution in [0.1, 0.15) is 0 Å². The highest BCUT2D eigenvalue weighted by molar-refractivity contribution is 4.93. The maximum absolute atomic E-state index is 12.2. The quantitative estimate of drug-likeness (QED) is 0.737. The molecule has 10 heteroatoms. The monoisotopic (exact) mass is 262 g/mol. The fraction of sp³-hybridized carbons (Fsp3) is 1.00. The van der Waals surface area contributed by atoms with Crippen LogP contribution in [0.2, 0.25) is 0 Å². The highest BCUT2D eigenvalue weighted by Crippen LogP contribution is 2.36. The van der Waals surface area contributed by atoms with E-state index < -0.39 is 36.9 Å². The van der Waals surface area contributed by atoms with Gasteiger partial charge in [0.2, 0.25) is 0 Å². The van der Waals surface area contributed by atoms with Crippen molar-refractivity contribution in [3.05, 3.63) is 0 Å². The first-order chi connectivity index (χ1) is 6.95. The van der Waals surface area contributed by atoms with Crippen molar-refractivity contribution in [2.45, 2.75) is 36.9 Å². The largest absolute Gasteiger partial charge is 0.384 e. The van der Waals surface area contributed by atoms with E-state index in [1.807, 2.05) is 0 Å². The molecule has 0 radical (unpaired) electrons. The van der Waals surface area contributed by atoms with Gasteiger partial charge in [0.25, 0.3) is 0 Å². The van der Waals surface area contributed by atoms with Crippen LogP contribution in [-0.2, 0) is 0 Å². The first kappa shape index (κ1) is 15.4. The van der Waals surface area contributed by atoms with E-state index in [0.717, 1.165) is 0 Å². The summed E-state index contributed by atoms with van der Waals surface area (Å²) in [5.74, 6) is -10.8. The van der Waals surface area contributed by atoms with Crippen LogP contribution in [0.15, 0.2) is 0 Å². The molecule has 0 spiro atoms. The van der Waals surface area contributed by atoms with Crippen molar-refractivity contribution in [2.75, 3.05) is 0 Å². The van der Waals surface area contributed by atoms with Crippen molar-refractivity contribution in [1.29, 1.82) is 0 Å². The predicted octanol–water partition coefficient (Wildman–Crippen LogP) is 1.51. The molecule has 0 aliphatic carbocycles. The number of rotatable bonds is 5. The third kappa shape index (κ3) is 2.73. The Labute approximate surface area is 83.5 Å². The van der Waals surface area contributed by atoms with Gasteiger partial charge in [-0.1, -0.05) is 0 Å². The average molecular weight is 262 g/mol. The highest BCUT2D eigenvalue weighted by atomic mass is 19.3. The number of hydrogen-bond acceptors (Lipinski definition) is 2. The number of alkyl halides is 8. The molecular formula is C6H6F8O2. The van der Waals surface area contributed by atoms with Crippen LogP contribution < -0.4 is 0 Å². The van der Waals surface area contributed by atoms with E-state index in [4.69, 9.17) is 10.2 Å². The summed E-state index contributed by atoms with van der Waals surface area (Å²) < 4.78 is 95.2. The summed E-state index contributed by atoms with van der Waals surface area (Å²) in [7, 11) is 0. The van der Waals surface area contributed by atoms with Crippen molar-refractivity contribution in [1.82, 2.24) is 0 Å². The third-order valence-corrected chi connectivity index (χ3v) is 1.67. The molecule has 0 aliphatic heterocycles. The molecule has 0 saturated heterocycles. The van der Waals surface area contributed by atoms with Gasteiger partial charge in [0.1, 0.15) is 0 Å². The average Bonchev–Trinajstić information content (AvgIpc) is 2.14. The van der Waals surface area contributed by atoms with Gasteiger partial charge >= 0.3 is 24.7 Å². The van der Waals surface area contributed by atoms with Crippen molar-refractivity contribution in [3.63, 3.8) is 0 Å². The zero-order valence-corrected chi connectivity index (χ0v) is 7.23. The normalized spacial score (nSPS) is 18.0. The van der Waals surface area contributed by atoms with Crippen LogP contribution in [-0.4, -0.2) is 47.1 Å². The Morgan fingerprint density at radius 3 is 0.938 bits per heavy atom. The topological polar surface area (TPSA) is 40.5 Å². The van der Waals surface area contributed by atoms with Crippen molar-refractivity contribution >= 4 is 0 Å². The van der Waals surface area contributed by atoms with Gasteiger partial charge in [-0.05, 0) is 0 Å². The fourth-order valence-electron chi connectivity index (χ4n) is 0.679. The Hall–Kier alpha value is -0.640. The second kappa shape index (κ2) is 4.70. The Morgan fingerprint density at radius 2 is 0.812 bits per heavy atom. The van der Waals surface area contributed by atoms with Gasteiger partial charge in [-0.25, -0.2) is 17.6 Å². The molecule has 16 heavy (non-hydrogen) atoms. The summed E-state index contributed by atoms with van der Waals surface area (Å²) in [6.45, 7) is 0. The molecule has 2 atom stereocenters. The third-order valence-electron chi connectivity index (χ3n) is 1.67. The number of hydrogen-bond donors (Lipinski definition) is 2. The Kier molecular flexibility index (Phi) is 4.51. The summed E-state index contributed by atoms with van der Waals surface area (Å²) in [5.41, 5.74) is 0. The summed E-state index contributed by atoms with van der Waals surface area (Å²) in [6, 6.07) is 0. The van der Waals surface area contributed by atoms with Crippen LogP contribution >= 0.6 is 0 Å². The lowest BCUT2D eigenvalue weighted by atomic mass is 10.0. The van der Waals surface area contributed by atoms with E-state index in [-0.39, 0.29) is 0 Å². The standard InChI is InChI=1S/C6H6F8O2/c7-3(8)5(11,12)1(15)2(16)6(13,14)4(9)10/h1-4,15-16H. The first-order valence-electron chi connectivity index (χ1n) is 3.63. The summed E-state index contributed by atoms with van der Waals surface area (Å²) >= 11 is 0. The van der Waals surface area contributed by atoms with Gasteiger partial charge in [0.15, 0.2) is 12.2 Å². The Bertz CT molecular complexity index is 207. The maximum atomic E-state index is 12.2. The van der Waals surface area contributed by atoms with Crippen molar-refractivity contribution < 1.29 is 45.3 Å². The minimum absolute atomic E-state index is 4.00. The molecule has 98 valence electrons. The van der Waals surface area contributed by atoms with Crippen molar-refractivity contribution in [3.8, 4) is 0 Å². The zero-order chi connectivity index (χ0) is 13.3. The van der Waals surface area contributed by atoms with Gasteiger partial charge < -0.3 is 10.2 Å². The zero-order valence-electron chi connectivity index (χ0n) is 7.23. The molecule has 0 aromatic heterocycles. The van der Waals surface area contributed by atoms with E-state index in [0.29, 0.717) is 0 Å². The molecular weight excluding hydrogens is 256 g/mol. The number of aliphatic hydroxyl groups excluding tert-OH is 2. The molecule has 2 N–H and O–H groups in total. The lowest BCUT2D eigenvalue weighted by Gasteiger charge is -2.30. The van der Waals surface area contributed by atoms with Gasteiger partial charge in [-0.15, -0.1) is 0 Å². The Morgan fingerprint density at radius 1 is 0.625 bits per heavy atom. The van der Waals surface area contributed by atoms with Crippen molar-refractivity contribution in [2.24, 2.45) is 0 Å². The van der Waals surface area contributed by atoms with Gasteiger partial charge in [-0.2, -0.15) is 17.6 Å². The molecule has 0 aromatic carbocycles. The molecule has 0 heterocycles. The summed E-state index contributed by atoms with van der Waals surface area (Å²) in [4.78, 5) is 0. The number of aliphatic hydroxyl groups is 2. The molecule has 0 saturated carbocycles. The molecule has 0 amide bonds. The second-order valence-corrected chi connectivity index (χ2v) is 2.84. The van der Waals surface area contributed by atoms with Gasteiger partial charge in [0.05, 0.1) is 0 Å². The molecule has 0 aromatic rings. The van der Waals surface area contributed by atoms with Crippen LogP contribution in [0.4, 0.5) is 35.1 Å². The SMILES string of the molecule is OC(C(O)C(F)(F)C(F)F)C(F)(F)C(F)F. The van der Waals surface area contributed by atoms with E-state index >= 15 is 0 Å². The summed E-state index contributed by atoms with van der Waals surface area (Å²) in [6.07, 6.45) is -17.2. The molecule has 0 fully saturated rings. The second-order valence-electron chi connectivity index (χ2n) is 2.84. The number of halogens is 8. The Balaban J connectivity index is 4.94. The van der Waals surface area contributed by atoms with Crippen LogP contribution in [0.5, 0.6) is 0 Å². The smallest absolute Gasteiger partial charge is 0.335 e. The maximum Gasteiger partial charge on any atom is 0.335 e. The molecule has 0 rings (SSSR count). The summed E-state index contributed by atoms with van der Waals surface area (Å²) in [5, 5.41) is 16.6. The molecule has 2 unspecified atom stereocenters. The molecule has 0 aliphatic rings. The van der Waals surface area contributed by atoms with Gasteiger partial charge in [-0.3, -0.25) is 0 Å². The van der Waals surface area contributed by atoms with E-state index in [1.54, 1.807) is 0 Å². The van der Waals surface area contributed by atoms with E-state index in [2.05, 4.69) is 0 Å². The van der Waals surface area contributed by atoms with Crippen LogP contribution in [0, 0.1) is 0 Å². The first-order valence-corrected chi connectivity index (χ1v) is 3.63. The van der Waals surface area contributed by atoms with Crippen LogP contribution in [0.25, 0.3) is 0 Å². The molecule has 0 bridgehead atoms. The molecule has 2 nitrogen and oxygen atoms in total. The fourth-order valence-corrected chi connectivity index (χ4v) is 0.679. The van der Waals surface area contributed by atoms with Crippen LogP contribution in [0.3, 0.4) is 0 Å². The highest BCUT2D eigenvalue weighted by Gasteiger charge is 2.60.